The summed E-state index contributed by atoms with van der Waals surface area (Å²) in [6.45, 7) is 3.74. The molecule has 0 aliphatic carbocycles. The highest BCUT2D eigenvalue weighted by atomic mass is 16.4. The summed E-state index contributed by atoms with van der Waals surface area (Å²) in [7, 11) is 0. The molecule has 0 aromatic heterocycles. The Morgan fingerprint density at radius 3 is 2.74 bits per heavy atom. The summed E-state index contributed by atoms with van der Waals surface area (Å²) in [6.07, 6.45) is 8.97. The van der Waals surface area contributed by atoms with Gasteiger partial charge in [-0.15, -0.1) is 0 Å². The van der Waals surface area contributed by atoms with Gasteiger partial charge < -0.3 is 5.11 Å². The molecule has 3 heterocycles. The molecule has 3 saturated heterocycles. The topological polar surface area (TPSA) is 43.8 Å². The van der Waals surface area contributed by atoms with Crippen molar-refractivity contribution in [1.82, 2.24) is 9.80 Å². The lowest BCUT2D eigenvalue weighted by Gasteiger charge is -2.42. The predicted octanol–water partition coefficient (Wildman–Crippen LogP) is 1.94. The standard InChI is InChI=1S/C15H26N2O2/c18-15(19)7-6-12-4-1-2-10-17(12)14-8-11-16-9-3-5-13(14)16/h12-14H,1-11H2,(H,18,19). The zero-order valence-corrected chi connectivity index (χ0v) is 11.8. The Kier molecular flexibility index (Phi) is 4.08. The monoisotopic (exact) mass is 266 g/mol. The fraction of sp³-hybridized carbons (Fsp3) is 0.933. The fourth-order valence-electron chi connectivity index (χ4n) is 4.50. The number of piperidine rings is 1. The van der Waals surface area contributed by atoms with E-state index in [2.05, 4.69) is 9.80 Å². The predicted molar refractivity (Wildman–Crippen MR) is 74.2 cm³/mol. The van der Waals surface area contributed by atoms with Crippen molar-refractivity contribution < 1.29 is 9.90 Å². The first-order valence-electron chi connectivity index (χ1n) is 7.97. The van der Waals surface area contributed by atoms with Crippen LogP contribution in [0.25, 0.3) is 0 Å². The molecule has 0 bridgehead atoms. The third-order valence-electron chi connectivity index (χ3n) is 5.36. The van der Waals surface area contributed by atoms with Crippen LogP contribution in [0.2, 0.25) is 0 Å². The molecule has 4 heteroatoms. The minimum Gasteiger partial charge on any atom is -0.481 e. The number of carboxylic acids is 1. The van der Waals surface area contributed by atoms with E-state index in [1.807, 2.05) is 0 Å². The second-order valence-electron chi connectivity index (χ2n) is 6.42. The maximum atomic E-state index is 10.8. The number of carboxylic acid groups (broad SMARTS) is 1. The number of carbonyl (C=O) groups is 1. The van der Waals surface area contributed by atoms with Crippen LogP contribution in [-0.2, 0) is 4.79 Å². The molecule has 0 aromatic rings. The van der Waals surface area contributed by atoms with E-state index >= 15 is 0 Å². The smallest absolute Gasteiger partial charge is 0.303 e. The van der Waals surface area contributed by atoms with Crippen molar-refractivity contribution in [2.45, 2.75) is 69.5 Å². The third-order valence-corrected chi connectivity index (χ3v) is 5.36. The molecule has 0 spiro atoms. The normalized spacial score (nSPS) is 36.5. The molecule has 3 rings (SSSR count). The summed E-state index contributed by atoms with van der Waals surface area (Å²) in [6, 6.07) is 2.00. The van der Waals surface area contributed by atoms with Crippen LogP contribution >= 0.6 is 0 Å². The van der Waals surface area contributed by atoms with E-state index < -0.39 is 5.97 Å². The average molecular weight is 266 g/mol. The van der Waals surface area contributed by atoms with Gasteiger partial charge in [0.1, 0.15) is 0 Å². The van der Waals surface area contributed by atoms with Crippen molar-refractivity contribution in [1.29, 1.82) is 0 Å². The molecule has 3 unspecified atom stereocenters. The van der Waals surface area contributed by atoms with E-state index in [9.17, 15) is 4.79 Å². The number of likely N-dealkylation sites (tertiary alicyclic amines) is 1. The Balaban J connectivity index is 1.64. The van der Waals surface area contributed by atoms with Gasteiger partial charge in [-0.25, -0.2) is 0 Å². The van der Waals surface area contributed by atoms with E-state index in [0.29, 0.717) is 18.5 Å². The fourth-order valence-corrected chi connectivity index (χ4v) is 4.50. The molecule has 3 fully saturated rings. The number of hydrogen-bond donors (Lipinski definition) is 1. The van der Waals surface area contributed by atoms with Crippen molar-refractivity contribution in [3.63, 3.8) is 0 Å². The highest BCUT2D eigenvalue weighted by Gasteiger charge is 2.42. The summed E-state index contributed by atoms with van der Waals surface area (Å²) in [4.78, 5) is 16.2. The van der Waals surface area contributed by atoms with Crippen LogP contribution in [0.15, 0.2) is 0 Å². The maximum Gasteiger partial charge on any atom is 0.303 e. The first kappa shape index (κ1) is 13.4. The first-order valence-corrected chi connectivity index (χ1v) is 7.97. The van der Waals surface area contributed by atoms with Crippen molar-refractivity contribution >= 4 is 5.97 Å². The molecular formula is C15H26N2O2. The van der Waals surface area contributed by atoms with Crippen molar-refractivity contribution in [3.8, 4) is 0 Å². The molecule has 3 atom stereocenters. The zero-order chi connectivity index (χ0) is 13.2. The number of nitrogens with zero attached hydrogens (tertiary/aromatic N) is 2. The molecule has 0 radical (unpaired) electrons. The molecule has 0 aromatic carbocycles. The molecule has 0 saturated carbocycles. The Labute approximate surface area is 115 Å². The quantitative estimate of drug-likeness (QED) is 0.844. The van der Waals surface area contributed by atoms with Crippen LogP contribution < -0.4 is 0 Å². The summed E-state index contributed by atoms with van der Waals surface area (Å²) < 4.78 is 0. The Bertz CT molecular complexity index is 334. The molecular weight excluding hydrogens is 240 g/mol. The zero-order valence-electron chi connectivity index (χ0n) is 11.8. The van der Waals surface area contributed by atoms with Crippen LogP contribution in [0, 0.1) is 0 Å². The second-order valence-corrected chi connectivity index (χ2v) is 6.42. The molecule has 3 aliphatic heterocycles. The molecule has 3 aliphatic rings. The van der Waals surface area contributed by atoms with Crippen molar-refractivity contribution in [2.24, 2.45) is 0 Å². The Hall–Kier alpha value is -0.610. The van der Waals surface area contributed by atoms with E-state index in [1.165, 1.54) is 58.2 Å². The molecule has 4 nitrogen and oxygen atoms in total. The van der Waals surface area contributed by atoms with Gasteiger partial charge in [-0.2, -0.15) is 0 Å². The van der Waals surface area contributed by atoms with E-state index in [4.69, 9.17) is 5.11 Å². The molecule has 1 N–H and O–H groups in total. The van der Waals surface area contributed by atoms with Crippen LogP contribution in [0.5, 0.6) is 0 Å². The van der Waals surface area contributed by atoms with Gasteiger partial charge in [0.2, 0.25) is 0 Å². The van der Waals surface area contributed by atoms with Crippen molar-refractivity contribution in [3.05, 3.63) is 0 Å². The SMILES string of the molecule is O=C(O)CCC1CCCCN1C1CCN2CCCC12. The second kappa shape index (κ2) is 5.80. The number of fused-ring (bicyclic) bond motifs is 1. The summed E-state index contributed by atoms with van der Waals surface area (Å²) in [5.74, 6) is -0.639. The lowest BCUT2D eigenvalue weighted by Crippen LogP contribution is -2.50. The van der Waals surface area contributed by atoms with Gasteiger partial charge in [0.05, 0.1) is 0 Å². The average Bonchev–Trinajstić information content (AvgIpc) is 2.99. The minimum atomic E-state index is -0.639. The van der Waals surface area contributed by atoms with Crippen LogP contribution in [0.1, 0.15) is 51.4 Å². The van der Waals surface area contributed by atoms with E-state index in [0.717, 1.165) is 12.5 Å². The summed E-state index contributed by atoms with van der Waals surface area (Å²) >= 11 is 0. The van der Waals surface area contributed by atoms with E-state index in [1.54, 1.807) is 0 Å². The minimum absolute atomic E-state index is 0.336. The van der Waals surface area contributed by atoms with E-state index in [-0.39, 0.29) is 0 Å². The Morgan fingerprint density at radius 2 is 1.89 bits per heavy atom. The van der Waals surface area contributed by atoms with Gasteiger partial charge >= 0.3 is 5.97 Å². The third kappa shape index (κ3) is 2.79. The van der Waals surface area contributed by atoms with Gasteiger partial charge in [0.15, 0.2) is 0 Å². The van der Waals surface area contributed by atoms with Gasteiger partial charge in [0.25, 0.3) is 0 Å². The maximum absolute atomic E-state index is 10.8. The highest BCUT2D eigenvalue weighted by Crippen LogP contribution is 2.35. The van der Waals surface area contributed by atoms with Gasteiger partial charge in [-0.3, -0.25) is 14.6 Å². The van der Waals surface area contributed by atoms with Gasteiger partial charge in [-0.05, 0) is 51.6 Å². The molecule has 0 amide bonds. The molecule has 19 heavy (non-hydrogen) atoms. The number of hydrogen-bond acceptors (Lipinski definition) is 3. The van der Waals surface area contributed by atoms with Gasteiger partial charge in [0, 0.05) is 31.1 Å². The number of rotatable bonds is 4. The lowest BCUT2D eigenvalue weighted by atomic mass is 9.93. The van der Waals surface area contributed by atoms with Crippen LogP contribution in [0.3, 0.4) is 0 Å². The first-order chi connectivity index (χ1) is 9.25. The van der Waals surface area contributed by atoms with Crippen LogP contribution in [-0.4, -0.2) is 58.6 Å². The highest BCUT2D eigenvalue weighted by molar-refractivity contribution is 5.66. The molecule has 108 valence electrons. The lowest BCUT2D eigenvalue weighted by molar-refractivity contribution is -0.137. The summed E-state index contributed by atoms with van der Waals surface area (Å²) in [5.41, 5.74) is 0. The van der Waals surface area contributed by atoms with Gasteiger partial charge in [-0.1, -0.05) is 6.42 Å². The largest absolute Gasteiger partial charge is 0.481 e. The number of aliphatic carboxylic acids is 1. The van der Waals surface area contributed by atoms with Crippen molar-refractivity contribution in [2.75, 3.05) is 19.6 Å². The Morgan fingerprint density at radius 1 is 1.00 bits per heavy atom. The summed E-state index contributed by atoms with van der Waals surface area (Å²) in [5, 5.41) is 8.92. The van der Waals surface area contributed by atoms with Crippen LogP contribution in [0.4, 0.5) is 0 Å².